The zero-order valence-electron chi connectivity index (χ0n) is 10.1. The van der Waals surface area contributed by atoms with Crippen LogP contribution in [0.2, 0.25) is 0 Å². The fraction of sp³-hybridized carbons (Fsp3) is 0.643. The molecule has 1 aromatic rings. The molecule has 0 bridgehead atoms. The zero-order valence-corrected chi connectivity index (χ0v) is 10.9. The van der Waals surface area contributed by atoms with Gasteiger partial charge in [0.05, 0.1) is 0 Å². The largest absolute Gasteiger partial charge is 0.261 e. The summed E-state index contributed by atoms with van der Waals surface area (Å²) in [6, 6.07) is 4.32. The van der Waals surface area contributed by atoms with E-state index in [9.17, 15) is 0 Å². The van der Waals surface area contributed by atoms with Crippen molar-refractivity contribution in [2.45, 2.75) is 50.7 Å². The van der Waals surface area contributed by atoms with E-state index in [4.69, 9.17) is 0 Å². The molecule has 1 aromatic heterocycles. The van der Waals surface area contributed by atoms with E-state index in [0.717, 1.165) is 10.9 Å². The standard InChI is InChI=1S/C14H21NS/c1-12-7-8-13(11-15-12)9-10-16-14-5-3-2-4-6-14/h7-8,11,14H,2-6,9-10H2,1H3. The molecule has 88 valence electrons. The number of aryl methyl sites for hydroxylation is 2. The first-order valence-electron chi connectivity index (χ1n) is 6.38. The number of pyridine rings is 1. The predicted octanol–water partition coefficient (Wildman–Crippen LogP) is 4.00. The van der Waals surface area contributed by atoms with Crippen LogP contribution in [0.3, 0.4) is 0 Å². The first-order valence-corrected chi connectivity index (χ1v) is 7.42. The minimum atomic E-state index is 0.937. The summed E-state index contributed by atoms with van der Waals surface area (Å²) < 4.78 is 0. The molecule has 0 amide bonds. The van der Waals surface area contributed by atoms with Crippen molar-refractivity contribution in [1.82, 2.24) is 4.98 Å². The Balaban J connectivity index is 1.69. The highest BCUT2D eigenvalue weighted by molar-refractivity contribution is 7.99. The van der Waals surface area contributed by atoms with Gasteiger partial charge in [-0.3, -0.25) is 4.98 Å². The molecule has 1 nitrogen and oxygen atoms in total. The Morgan fingerprint density at radius 2 is 2.06 bits per heavy atom. The number of nitrogens with zero attached hydrogens (tertiary/aromatic N) is 1. The lowest BCUT2D eigenvalue weighted by Crippen LogP contribution is -2.09. The van der Waals surface area contributed by atoms with E-state index in [1.54, 1.807) is 0 Å². The normalized spacial score (nSPS) is 17.6. The lowest BCUT2D eigenvalue weighted by molar-refractivity contribution is 0.516. The van der Waals surface area contributed by atoms with Crippen molar-refractivity contribution in [2.24, 2.45) is 0 Å². The number of aromatic nitrogens is 1. The zero-order chi connectivity index (χ0) is 11.2. The van der Waals surface area contributed by atoms with Crippen molar-refractivity contribution in [3.05, 3.63) is 29.6 Å². The molecule has 1 heterocycles. The van der Waals surface area contributed by atoms with Crippen molar-refractivity contribution in [2.75, 3.05) is 5.75 Å². The molecule has 0 unspecified atom stereocenters. The maximum Gasteiger partial charge on any atom is 0.0372 e. The van der Waals surface area contributed by atoms with Crippen molar-refractivity contribution < 1.29 is 0 Å². The van der Waals surface area contributed by atoms with Gasteiger partial charge in [-0.15, -0.1) is 0 Å². The SMILES string of the molecule is Cc1ccc(CCSC2CCCCC2)cn1. The van der Waals surface area contributed by atoms with E-state index < -0.39 is 0 Å². The van der Waals surface area contributed by atoms with Crippen LogP contribution in [0.25, 0.3) is 0 Å². The van der Waals surface area contributed by atoms with Gasteiger partial charge in [0.2, 0.25) is 0 Å². The number of hydrogen-bond acceptors (Lipinski definition) is 2. The molecule has 1 fully saturated rings. The summed E-state index contributed by atoms with van der Waals surface area (Å²) in [5, 5.41) is 0.937. The van der Waals surface area contributed by atoms with Crippen molar-refractivity contribution in [3.63, 3.8) is 0 Å². The van der Waals surface area contributed by atoms with Gasteiger partial charge in [-0.25, -0.2) is 0 Å². The second kappa shape index (κ2) is 6.29. The summed E-state index contributed by atoms with van der Waals surface area (Å²) in [6.45, 7) is 2.04. The van der Waals surface area contributed by atoms with Crippen LogP contribution in [-0.4, -0.2) is 16.0 Å². The number of thioether (sulfide) groups is 1. The first kappa shape index (κ1) is 12.0. The first-order chi connectivity index (χ1) is 7.84. The lowest BCUT2D eigenvalue weighted by atomic mass is 10.0. The van der Waals surface area contributed by atoms with Crippen LogP contribution < -0.4 is 0 Å². The van der Waals surface area contributed by atoms with Crippen LogP contribution in [0, 0.1) is 6.92 Å². The Morgan fingerprint density at radius 1 is 1.25 bits per heavy atom. The molecule has 0 radical (unpaired) electrons. The quantitative estimate of drug-likeness (QED) is 0.782. The maximum atomic E-state index is 4.34. The van der Waals surface area contributed by atoms with Crippen LogP contribution in [-0.2, 0) is 6.42 Å². The molecule has 0 aliphatic heterocycles. The number of hydrogen-bond donors (Lipinski definition) is 0. The van der Waals surface area contributed by atoms with Gasteiger partial charge in [0.15, 0.2) is 0 Å². The highest BCUT2D eigenvalue weighted by Gasteiger charge is 2.12. The molecule has 1 aliphatic rings. The molecule has 0 N–H and O–H groups in total. The van der Waals surface area contributed by atoms with Gasteiger partial charge < -0.3 is 0 Å². The Kier molecular flexibility index (Phi) is 4.70. The highest BCUT2D eigenvalue weighted by atomic mass is 32.2. The van der Waals surface area contributed by atoms with Gasteiger partial charge in [0, 0.05) is 17.1 Å². The molecule has 1 saturated carbocycles. The summed E-state index contributed by atoms with van der Waals surface area (Å²) in [6.07, 6.45) is 10.4. The molecular formula is C14H21NS. The second-order valence-corrected chi connectivity index (χ2v) is 6.10. The summed E-state index contributed by atoms with van der Waals surface area (Å²) >= 11 is 2.17. The van der Waals surface area contributed by atoms with E-state index in [1.807, 2.05) is 13.1 Å². The minimum Gasteiger partial charge on any atom is -0.261 e. The van der Waals surface area contributed by atoms with Gasteiger partial charge in [0.1, 0.15) is 0 Å². The Bertz CT molecular complexity index is 301. The van der Waals surface area contributed by atoms with Gasteiger partial charge >= 0.3 is 0 Å². The molecule has 2 heteroatoms. The van der Waals surface area contributed by atoms with Crippen LogP contribution in [0.1, 0.15) is 43.4 Å². The van der Waals surface area contributed by atoms with Crippen LogP contribution in [0.4, 0.5) is 0 Å². The summed E-state index contributed by atoms with van der Waals surface area (Å²) in [7, 11) is 0. The lowest BCUT2D eigenvalue weighted by Gasteiger charge is -2.20. The fourth-order valence-corrected chi connectivity index (χ4v) is 3.58. The van der Waals surface area contributed by atoms with Crippen LogP contribution in [0.15, 0.2) is 18.3 Å². The van der Waals surface area contributed by atoms with E-state index in [-0.39, 0.29) is 0 Å². The Labute approximate surface area is 103 Å². The molecule has 0 spiro atoms. The van der Waals surface area contributed by atoms with Gasteiger partial charge in [-0.05, 0) is 43.6 Å². The number of rotatable bonds is 4. The maximum absolute atomic E-state index is 4.34. The van der Waals surface area contributed by atoms with Crippen molar-refractivity contribution in [3.8, 4) is 0 Å². The van der Waals surface area contributed by atoms with Gasteiger partial charge in [-0.2, -0.15) is 11.8 Å². The third kappa shape index (κ3) is 3.82. The van der Waals surface area contributed by atoms with Gasteiger partial charge in [0.25, 0.3) is 0 Å². The molecule has 0 aromatic carbocycles. The van der Waals surface area contributed by atoms with E-state index in [0.29, 0.717) is 0 Å². The molecule has 0 atom stereocenters. The molecule has 16 heavy (non-hydrogen) atoms. The summed E-state index contributed by atoms with van der Waals surface area (Å²) in [5.41, 5.74) is 2.50. The monoisotopic (exact) mass is 235 g/mol. The third-order valence-electron chi connectivity index (χ3n) is 3.27. The van der Waals surface area contributed by atoms with E-state index in [2.05, 4.69) is 28.9 Å². The third-order valence-corrected chi connectivity index (χ3v) is 4.65. The second-order valence-electron chi connectivity index (χ2n) is 4.69. The van der Waals surface area contributed by atoms with Crippen LogP contribution >= 0.6 is 11.8 Å². The molecular weight excluding hydrogens is 214 g/mol. The smallest absolute Gasteiger partial charge is 0.0372 e. The highest BCUT2D eigenvalue weighted by Crippen LogP contribution is 2.28. The van der Waals surface area contributed by atoms with Crippen LogP contribution in [0.5, 0.6) is 0 Å². The minimum absolute atomic E-state index is 0.937. The van der Waals surface area contributed by atoms with Gasteiger partial charge in [-0.1, -0.05) is 25.3 Å². The Morgan fingerprint density at radius 3 is 2.75 bits per heavy atom. The average Bonchev–Trinajstić information content (AvgIpc) is 2.33. The Hall–Kier alpha value is -0.500. The summed E-state index contributed by atoms with van der Waals surface area (Å²) in [4.78, 5) is 4.34. The molecule has 0 saturated heterocycles. The molecule has 2 rings (SSSR count). The summed E-state index contributed by atoms with van der Waals surface area (Å²) in [5.74, 6) is 1.26. The average molecular weight is 235 g/mol. The topological polar surface area (TPSA) is 12.9 Å². The van der Waals surface area contributed by atoms with Crippen molar-refractivity contribution >= 4 is 11.8 Å². The fourth-order valence-electron chi connectivity index (χ4n) is 2.22. The van der Waals surface area contributed by atoms with E-state index >= 15 is 0 Å². The predicted molar refractivity (Wildman–Crippen MR) is 72.0 cm³/mol. The van der Waals surface area contributed by atoms with Crippen molar-refractivity contribution in [1.29, 1.82) is 0 Å². The molecule has 1 aliphatic carbocycles. The van der Waals surface area contributed by atoms with E-state index in [1.165, 1.54) is 49.8 Å².